The van der Waals surface area contributed by atoms with Gasteiger partial charge in [0.15, 0.2) is 0 Å². The first kappa shape index (κ1) is 16.9. The highest BCUT2D eigenvalue weighted by Crippen LogP contribution is 2.23. The number of nitrogens with one attached hydrogen (secondary N) is 1. The van der Waals surface area contributed by atoms with Crippen LogP contribution in [0.1, 0.15) is 5.76 Å². The van der Waals surface area contributed by atoms with E-state index in [0.717, 1.165) is 0 Å². The SMILES string of the molecule is NS(=O)(=O)c1ccc(-c2ccc(/C=N\Nc3ccc(F)cc3)o2)cc1. The van der Waals surface area contributed by atoms with Crippen molar-refractivity contribution >= 4 is 21.9 Å². The summed E-state index contributed by atoms with van der Waals surface area (Å²) in [7, 11) is -3.72. The van der Waals surface area contributed by atoms with Crippen molar-refractivity contribution in [3.8, 4) is 11.3 Å². The summed E-state index contributed by atoms with van der Waals surface area (Å²) in [5.74, 6) is 0.739. The summed E-state index contributed by atoms with van der Waals surface area (Å²) in [5.41, 5.74) is 4.10. The molecule has 25 heavy (non-hydrogen) atoms. The van der Waals surface area contributed by atoms with E-state index in [9.17, 15) is 12.8 Å². The number of hydrogen-bond acceptors (Lipinski definition) is 5. The van der Waals surface area contributed by atoms with E-state index < -0.39 is 10.0 Å². The van der Waals surface area contributed by atoms with Crippen molar-refractivity contribution in [2.24, 2.45) is 10.2 Å². The molecule has 0 aliphatic carbocycles. The minimum Gasteiger partial charge on any atom is -0.455 e. The molecule has 3 N–H and O–H groups in total. The molecular formula is C17H14FN3O3S. The monoisotopic (exact) mass is 359 g/mol. The van der Waals surface area contributed by atoms with Gasteiger partial charge in [0.2, 0.25) is 10.0 Å². The Labute approximate surface area is 143 Å². The third-order valence-corrected chi connectivity index (χ3v) is 4.25. The zero-order valence-electron chi connectivity index (χ0n) is 12.9. The van der Waals surface area contributed by atoms with Gasteiger partial charge >= 0.3 is 0 Å². The fourth-order valence-electron chi connectivity index (χ4n) is 2.08. The van der Waals surface area contributed by atoms with Crippen molar-refractivity contribution < 1.29 is 17.2 Å². The predicted molar refractivity (Wildman–Crippen MR) is 93.1 cm³/mol. The molecule has 0 saturated heterocycles. The number of rotatable bonds is 5. The van der Waals surface area contributed by atoms with Crippen LogP contribution in [0.5, 0.6) is 0 Å². The normalized spacial score (nSPS) is 11.8. The summed E-state index contributed by atoms with van der Waals surface area (Å²) < 4.78 is 40.9. The van der Waals surface area contributed by atoms with Gasteiger partial charge in [-0.3, -0.25) is 5.43 Å². The van der Waals surface area contributed by atoms with Crippen LogP contribution in [0.25, 0.3) is 11.3 Å². The van der Waals surface area contributed by atoms with E-state index in [1.165, 1.54) is 30.5 Å². The Kier molecular flexibility index (Phi) is 4.64. The molecule has 2 aromatic carbocycles. The lowest BCUT2D eigenvalue weighted by Gasteiger charge is -2.00. The summed E-state index contributed by atoms with van der Waals surface area (Å²) in [6, 6.07) is 15.3. The number of hydrazone groups is 1. The number of furan rings is 1. The standard InChI is InChI=1S/C17H14FN3O3S/c18-13-3-5-14(6-4-13)21-20-11-15-7-10-17(24-15)12-1-8-16(9-2-12)25(19,22)23/h1-11,21H,(H2,19,22,23)/b20-11-. The number of primary sulfonamides is 1. The van der Waals surface area contributed by atoms with Gasteiger partial charge in [0.25, 0.3) is 0 Å². The summed E-state index contributed by atoms with van der Waals surface area (Å²) in [6.07, 6.45) is 1.48. The van der Waals surface area contributed by atoms with Crippen LogP contribution in [0, 0.1) is 5.82 Å². The van der Waals surface area contributed by atoms with Crippen LogP contribution >= 0.6 is 0 Å². The van der Waals surface area contributed by atoms with E-state index in [4.69, 9.17) is 9.56 Å². The first-order valence-corrected chi connectivity index (χ1v) is 8.74. The van der Waals surface area contributed by atoms with Crippen LogP contribution in [0.15, 0.2) is 75.1 Å². The van der Waals surface area contributed by atoms with Crippen LogP contribution in [-0.2, 0) is 10.0 Å². The highest BCUT2D eigenvalue weighted by molar-refractivity contribution is 7.89. The fourth-order valence-corrected chi connectivity index (χ4v) is 2.60. The molecule has 3 aromatic rings. The van der Waals surface area contributed by atoms with Gasteiger partial charge in [-0.1, -0.05) is 0 Å². The number of nitrogens with zero attached hydrogens (tertiary/aromatic N) is 1. The molecule has 0 aliphatic rings. The Bertz CT molecular complexity index is 994. The molecule has 128 valence electrons. The van der Waals surface area contributed by atoms with Crippen LogP contribution in [0.4, 0.5) is 10.1 Å². The highest BCUT2D eigenvalue weighted by Gasteiger charge is 2.09. The maximum absolute atomic E-state index is 12.8. The van der Waals surface area contributed by atoms with Gasteiger partial charge in [-0.05, 0) is 60.7 Å². The van der Waals surface area contributed by atoms with Gasteiger partial charge < -0.3 is 4.42 Å². The zero-order chi connectivity index (χ0) is 17.9. The van der Waals surface area contributed by atoms with E-state index in [2.05, 4.69) is 10.5 Å². The van der Waals surface area contributed by atoms with E-state index in [1.54, 1.807) is 36.4 Å². The molecule has 0 atom stereocenters. The Balaban J connectivity index is 1.69. The zero-order valence-corrected chi connectivity index (χ0v) is 13.7. The van der Waals surface area contributed by atoms with Crippen molar-refractivity contribution in [3.05, 3.63) is 72.2 Å². The van der Waals surface area contributed by atoms with Gasteiger partial charge in [0.05, 0.1) is 16.8 Å². The third-order valence-electron chi connectivity index (χ3n) is 3.32. The van der Waals surface area contributed by atoms with Gasteiger partial charge in [0, 0.05) is 5.56 Å². The summed E-state index contributed by atoms with van der Waals surface area (Å²) in [4.78, 5) is 0.0353. The number of sulfonamides is 1. The lowest BCUT2D eigenvalue weighted by molar-refractivity contribution is 0.575. The number of hydrogen-bond donors (Lipinski definition) is 2. The van der Waals surface area contributed by atoms with Crippen molar-refractivity contribution in [3.63, 3.8) is 0 Å². The van der Waals surface area contributed by atoms with Gasteiger partial charge in [-0.2, -0.15) is 5.10 Å². The molecule has 0 saturated carbocycles. The van der Waals surface area contributed by atoms with Crippen LogP contribution in [0.2, 0.25) is 0 Å². The molecule has 0 unspecified atom stereocenters. The van der Waals surface area contributed by atoms with E-state index in [-0.39, 0.29) is 10.7 Å². The molecule has 1 heterocycles. The molecule has 3 rings (SSSR count). The van der Waals surface area contributed by atoms with E-state index in [1.807, 2.05) is 0 Å². The molecule has 0 fully saturated rings. The Morgan fingerprint density at radius 2 is 1.68 bits per heavy atom. The van der Waals surface area contributed by atoms with Crippen LogP contribution < -0.4 is 10.6 Å². The smallest absolute Gasteiger partial charge is 0.238 e. The van der Waals surface area contributed by atoms with Gasteiger partial charge in [0.1, 0.15) is 17.3 Å². The number of nitrogens with two attached hydrogens (primary N) is 1. The molecule has 1 aromatic heterocycles. The fraction of sp³-hybridized carbons (Fsp3) is 0. The van der Waals surface area contributed by atoms with E-state index >= 15 is 0 Å². The average Bonchev–Trinajstić information content (AvgIpc) is 3.05. The molecule has 0 aliphatic heterocycles. The number of anilines is 1. The van der Waals surface area contributed by atoms with Crippen molar-refractivity contribution in [2.45, 2.75) is 4.90 Å². The number of benzene rings is 2. The van der Waals surface area contributed by atoms with Crippen molar-refractivity contribution in [1.82, 2.24) is 0 Å². The topological polar surface area (TPSA) is 97.7 Å². The van der Waals surface area contributed by atoms with Crippen LogP contribution in [0.3, 0.4) is 0 Å². The molecule has 8 heteroatoms. The second-order valence-electron chi connectivity index (χ2n) is 5.15. The Hall–Kier alpha value is -2.97. The minimum absolute atomic E-state index is 0.0353. The minimum atomic E-state index is -3.72. The third kappa shape index (κ3) is 4.31. The highest BCUT2D eigenvalue weighted by atomic mass is 32.2. The number of halogens is 1. The molecule has 0 bridgehead atoms. The van der Waals surface area contributed by atoms with E-state index in [0.29, 0.717) is 22.8 Å². The molecule has 0 radical (unpaired) electrons. The average molecular weight is 359 g/mol. The molecule has 6 nitrogen and oxygen atoms in total. The quantitative estimate of drug-likeness (QED) is 0.540. The van der Waals surface area contributed by atoms with Crippen molar-refractivity contribution in [2.75, 3.05) is 5.43 Å². The summed E-state index contributed by atoms with van der Waals surface area (Å²) in [5, 5.41) is 9.07. The van der Waals surface area contributed by atoms with Gasteiger partial charge in [-0.25, -0.2) is 17.9 Å². The Morgan fingerprint density at radius 1 is 1.00 bits per heavy atom. The summed E-state index contributed by atoms with van der Waals surface area (Å²) >= 11 is 0. The van der Waals surface area contributed by atoms with Crippen LogP contribution in [-0.4, -0.2) is 14.6 Å². The predicted octanol–water partition coefficient (Wildman–Crippen LogP) is 3.18. The van der Waals surface area contributed by atoms with Gasteiger partial charge in [-0.15, -0.1) is 0 Å². The molecule has 0 amide bonds. The maximum Gasteiger partial charge on any atom is 0.238 e. The lowest BCUT2D eigenvalue weighted by atomic mass is 10.2. The first-order chi connectivity index (χ1) is 11.9. The maximum atomic E-state index is 12.8. The first-order valence-electron chi connectivity index (χ1n) is 7.19. The molecular weight excluding hydrogens is 345 g/mol. The lowest BCUT2D eigenvalue weighted by Crippen LogP contribution is -2.11. The second-order valence-corrected chi connectivity index (χ2v) is 6.71. The molecule has 0 spiro atoms. The summed E-state index contributed by atoms with van der Waals surface area (Å²) in [6.45, 7) is 0. The Morgan fingerprint density at radius 3 is 2.32 bits per heavy atom. The largest absolute Gasteiger partial charge is 0.455 e. The second kappa shape index (κ2) is 6.88. The van der Waals surface area contributed by atoms with Crippen molar-refractivity contribution in [1.29, 1.82) is 0 Å².